The van der Waals surface area contributed by atoms with Crippen molar-refractivity contribution in [3.05, 3.63) is 95.6 Å². The molecule has 0 saturated carbocycles. The first-order chi connectivity index (χ1) is 14.8. The summed E-state index contributed by atoms with van der Waals surface area (Å²) in [6.07, 6.45) is 0. The van der Waals surface area contributed by atoms with E-state index in [2.05, 4.69) is 55.2 Å². The molecule has 0 aliphatic carbocycles. The molecule has 0 fully saturated rings. The van der Waals surface area contributed by atoms with Crippen molar-refractivity contribution in [1.82, 2.24) is 14.8 Å². The molecule has 4 rings (SSSR count). The van der Waals surface area contributed by atoms with Gasteiger partial charge < -0.3 is 0 Å². The Kier molecular flexibility index (Phi) is 5.92. The minimum atomic E-state index is -0.659. The van der Waals surface area contributed by atoms with Gasteiger partial charge in [0.25, 0.3) is 0 Å². The van der Waals surface area contributed by atoms with Crippen LogP contribution in [-0.4, -0.2) is 14.8 Å². The predicted molar refractivity (Wildman–Crippen MR) is 121 cm³/mol. The van der Waals surface area contributed by atoms with E-state index in [4.69, 9.17) is 0 Å². The lowest BCUT2D eigenvalue weighted by atomic mass is 9.87. The van der Waals surface area contributed by atoms with Crippen LogP contribution < -0.4 is 0 Å². The summed E-state index contributed by atoms with van der Waals surface area (Å²) in [4.78, 5) is 0. The van der Waals surface area contributed by atoms with Gasteiger partial charge in [-0.25, -0.2) is 8.78 Å². The number of aromatic nitrogens is 3. The highest BCUT2D eigenvalue weighted by molar-refractivity contribution is 7.98. The first-order valence-electron chi connectivity index (χ1n) is 10.0. The summed E-state index contributed by atoms with van der Waals surface area (Å²) in [6, 6.07) is 21.5. The third kappa shape index (κ3) is 4.69. The molecule has 0 bridgehead atoms. The van der Waals surface area contributed by atoms with Crippen LogP contribution in [-0.2, 0) is 11.2 Å². The summed E-state index contributed by atoms with van der Waals surface area (Å²) >= 11 is 1.47. The van der Waals surface area contributed by atoms with Gasteiger partial charge in [-0.1, -0.05) is 87.1 Å². The normalized spacial score (nSPS) is 11.6. The van der Waals surface area contributed by atoms with Crippen molar-refractivity contribution < 1.29 is 8.78 Å². The van der Waals surface area contributed by atoms with Crippen LogP contribution in [0.25, 0.3) is 17.1 Å². The smallest absolute Gasteiger partial charge is 0.196 e. The Morgan fingerprint density at radius 3 is 2.23 bits per heavy atom. The molecule has 158 valence electrons. The molecular formula is C25H23F2N3S. The molecule has 0 spiro atoms. The van der Waals surface area contributed by atoms with E-state index in [9.17, 15) is 8.78 Å². The summed E-state index contributed by atoms with van der Waals surface area (Å²) < 4.78 is 29.8. The van der Waals surface area contributed by atoms with Crippen molar-refractivity contribution in [2.24, 2.45) is 0 Å². The Morgan fingerprint density at radius 1 is 0.871 bits per heavy atom. The fraction of sp³-hybridized carbons (Fsp3) is 0.200. The topological polar surface area (TPSA) is 30.7 Å². The van der Waals surface area contributed by atoms with Gasteiger partial charge in [0.2, 0.25) is 0 Å². The highest BCUT2D eigenvalue weighted by atomic mass is 32.2. The van der Waals surface area contributed by atoms with Crippen molar-refractivity contribution in [2.75, 3.05) is 0 Å². The Hall–Kier alpha value is -2.99. The summed E-state index contributed by atoms with van der Waals surface area (Å²) in [7, 11) is 0. The fourth-order valence-corrected chi connectivity index (χ4v) is 4.17. The Labute approximate surface area is 185 Å². The first-order valence-corrected chi connectivity index (χ1v) is 11.0. The molecule has 0 amide bonds. The molecule has 0 N–H and O–H groups in total. The molecule has 0 radical (unpaired) electrons. The van der Waals surface area contributed by atoms with E-state index < -0.39 is 11.6 Å². The summed E-state index contributed by atoms with van der Waals surface area (Å²) in [5, 5.41) is 9.18. The molecule has 3 aromatic carbocycles. The molecule has 0 unspecified atom stereocenters. The van der Waals surface area contributed by atoms with Gasteiger partial charge in [0.15, 0.2) is 11.0 Å². The zero-order chi connectivity index (χ0) is 22.0. The van der Waals surface area contributed by atoms with E-state index in [1.165, 1.54) is 29.5 Å². The van der Waals surface area contributed by atoms with Gasteiger partial charge in [-0.3, -0.25) is 4.57 Å². The number of halogens is 2. The molecular weight excluding hydrogens is 412 g/mol. The standard InChI is InChI=1S/C25H23F2N3S/c1-25(2,3)19-11-9-17(10-12-19)16-31-24-29-28-23(18-7-5-4-6-8-18)30(24)22-14-13-20(26)15-21(22)27/h4-15H,16H2,1-3H3. The monoisotopic (exact) mass is 435 g/mol. The second-order valence-corrected chi connectivity index (χ2v) is 9.28. The summed E-state index contributed by atoms with van der Waals surface area (Å²) in [5.74, 6) is -0.117. The zero-order valence-corrected chi connectivity index (χ0v) is 18.5. The molecule has 0 aliphatic heterocycles. The maximum Gasteiger partial charge on any atom is 0.196 e. The highest BCUT2D eigenvalue weighted by Gasteiger charge is 2.19. The maximum atomic E-state index is 14.7. The Balaban J connectivity index is 1.69. The molecule has 4 aromatic rings. The Bertz CT molecular complexity index is 1180. The third-order valence-corrected chi connectivity index (χ3v) is 6.00. The van der Waals surface area contributed by atoms with E-state index >= 15 is 0 Å². The van der Waals surface area contributed by atoms with Gasteiger partial charge in [0, 0.05) is 17.4 Å². The van der Waals surface area contributed by atoms with Crippen LogP contribution in [0.5, 0.6) is 0 Å². The van der Waals surface area contributed by atoms with Crippen molar-refractivity contribution >= 4 is 11.8 Å². The Morgan fingerprint density at radius 2 is 1.58 bits per heavy atom. The van der Waals surface area contributed by atoms with Crippen LogP contribution in [0.3, 0.4) is 0 Å². The highest BCUT2D eigenvalue weighted by Crippen LogP contribution is 2.31. The molecule has 0 atom stereocenters. The van der Waals surface area contributed by atoms with Crippen molar-refractivity contribution in [2.45, 2.75) is 37.1 Å². The number of thioether (sulfide) groups is 1. The molecule has 1 aromatic heterocycles. The molecule has 0 aliphatic rings. The van der Waals surface area contributed by atoms with Crippen LogP contribution in [0.4, 0.5) is 8.78 Å². The number of rotatable bonds is 5. The average Bonchev–Trinajstić information content (AvgIpc) is 3.16. The van der Waals surface area contributed by atoms with Gasteiger partial charge >= 0.3 is 0 Å². The van der Waals surface area contributed by atoms with Crippen LogP contribution in [0.2, 0.25) is 0 Å². The van der Waals surface area contributed by atoms with E-state index in [0.717, 1.165) is 17.2 Å². The van der Waals surface area contributed by atoms with Gasteiger partial charge in [-0.05, 0) is 28.7 Å². The van der Waals surface area contributed by atoms with Crippen LogP contribution in [0.15, 0.2) is 78.0 Å². The number of benzene rings is 3. The number of nitrogens with zero attached hydrogens (tertiary/aromatic N) is 3. The number of hydrogen-bond donors (Lipinski definition) is 0. The minimum absolute atomic E-state index is 0.0938. The largest absolute Gasteiger partial charge is 0.267 e. The average molecular weight is 436 g/mol. The van der Waals surface area contributed by atoms with Crippen molar-refractivity contribution in [1.29, 1.82) is 0 Å². The second kappa shape index (κ2) is 8.63. The summed E-state index contributed by atoms with van der Waals surface area (Å²) in [6.45, 7) is 6.55. The van der Waals surface area contributed by atoms with Gasteiger partial charge in [-0.15, -0.1) is 10.2 Å². The SMILES string of the molecule is CC(C)(C)c1ccc(CSc2nnc(-c3ccccc3)n2-c2ccc(F)cc2F)cc1. The quantitative estimate of drug-likeness (QED) is 0.323. The van der Waals surface area contributed by atoms with Crippen LogP contribution >= 0.6 is 11.8 Å². The van der Waals surface area contributed by atoms with Crippen molar-refractivity contribution in [3.63, 3.8) is 0 Å². The van der Waals surface area contributed by atoms with E-state index in [-0.39, 0.29) is 11.1 Å². The molecule has 6 heteroatoms. The van der Waals surface area contributed by atoms with E-state index in [1.54, 1.807) is 4.57 Å². The molecule has 1 heterocycles. The molecule has 0 saturated heterocycles. The van der Waals surface area contributed by atoms with Crippen LogP contribution in [0.1, 0.15) is 31.9 Å². The number of hydrogen-bond acceptors (Lipinski definition) is 3. The molecule has 31 heavy (non-hydrogen) atoms. The molecule has 3 nitrogen and oxygen atoms in total. The lowest BCUT2D eigenvalue weighted by Gasteiger charge is -2.19. The lowest BCUT2D eigenvalue weighted by Crippen LogP contribution is -2.10. The third-order valence-electron chi connectivity index (χ3n) is 5.00. The van der Waals surface area contributed by atoms with Gasteiger partial charge in [-0.2, -0.15) is 0 Å². The maximum absolute atomic E-state index is 14.7. The predicted octanol–water partition coefficient (Wildman–Crippen LogP) is 6.80. The minimum Gasteiger partial charge on any atom is -0.267 e. The second-order valence-electron chi connectivity index (χ2n) is 8.34. The fourth-order valence-electron chi connectivity index (χ4n) is 3.27. The zero-order valence-electron chi connectivity index (χ0n) is 17.6. The van der Waals surface area contributed by atoms with Crippen molar-refractivity contribution in [3.8, 4) is 17.1 Å². The summed E-state index contributed by atoms with van der Waals surface area (Å²) in [5.41, 5.74) is 3.52. The van der Waals surface area contributed by atoms with Gasteiger partial charge in [0.1, 0.15) is 11.6 Å². The first kappa shape index (κ1) is 21.2. The van der Waals surface area contributed by atoms with E-state index in [0.29, 0.717) is 16.7 Å². The van der Waals surface area contributed by atoms with E-state index in [1.807, 2.05) is 30.3 Å². The van der Waals surface area contributed by atoms with Gasteiger partial charge in [0.05, 0.1) is 5.69 Å². The lowest BCUT2D eigenvalue weighted by molar-refractivity contribution is 0.575. The van der Waals surface area contributed by atoms with Crippen LogP contribution in [0, 0.1) is 11.6 Å².